The fraction of sp³-hybridized carbons (Fsp3) is 0.217. The highest BCUT2D eigenvalue weighted by molar-refractivity contribution is 5.98. The normalized spacial score (nSPS) is 13.1. The number of nitrogens with zero attached hydrogens (tertiary/aromatic N) is 2. The number of Topliss-reactive ketones (excluding diaryl/α,β-unsaturated/α-hetero) is 1. The molecular weight excluding hydrogens is 399 g/mol. The minimum atomic E-state index is -0.618. The van der Waals surface area contributed by atoms with Crippen LogP contribution in [0.25, 0.3) is 11.3 Å². The monoisotopic (exact) mass is 420 g/mol. The van der Waals surface area contributed by atoms with Gasteiger partial charge in [0.05, 0.1) is 5.69 Å². The molecule has 0 atom stereocenters. The van der Waals surface area contributed by atoms with Crippen molar-refractivity contribution in [2.24, 2.45) is 11.7 Å². The molecule has 0 saturated heterocycles. The van der Waals surface area contributed by atoms with Gasteiger partial charge in [0.25, 0.3) is 5.56 Å². The van der Waals surface area contributed by atoms with Gasteiger partial charge in [0.15, 0.2) is 5.78 Å². The molecule has 0 radical (unpaired) electrons. The SMILES string of the molecule is CC(=O)c1c(-c2cccc(F)c2)nc(CC2CC2)c(=O)n1Nc1cccc(C(N)=O)c1. The molecule has 8 heteroatoms. The maximum atomic E-state index is 13.9. The van der Waals surface area contributed by atoms with E-state index in [4.69, 9.17) is 5.73 Å². The van der Waals surface area contributed by atoms with Gasteiger partial charge in [-0.3, -0.25) is 19.8 Å². The van der Waals surface area contributed by atoms with Crippen molar-refractivity contribution in [1.29, 1.82) is 0 Å². The average molecular weight is 420 g/mol. The zero-order chi connectivity index (χ0) is 22.1. The van der Waals surface area contributed by atoms with Gasteiger partial charge in [-0.15, -0.1) is 0 Å². The van der Waals surface area contributed by atoms with Crippen molar-refractivity contribution >= 4 is 17.4 Å². The second-order valence-corrected chi connectivity index (χ2v) is 7.67. The van der Waals surface area contributed by atoms with E-state index in [-0.39, 0.29) is 17.0 Å². The fourth-order valence-corrected chi connectivity index (χ4v) is 3.44. The van der Waals surface area contributed by atoms with E-state index in [0.717, 1.165) is 17.5 Å². The van der Waals surface area contributed by atoms with Gasteiger partial charge in [0.2, 0.25) is 5.91 Å². The summed E-state index contributed by atoms with van der Waals surface area (Å²) in [5, 5.41) is 0. The first-order chi connectivity index (χ1) is 14.8. The van der Waals surface area contributed by atoms with Gasteiger partial charge in [-0.2, -0.15) is 0 Å². The molecule has 1 aliphatic carbocycles. The molecule has 2 aromatic carbocycles. The minimum Gasteiger partial charge on any atom is -0.366 e. The van der Waals surface area contributed by atoms with Crippen LogP contribution in [0.5, 0.6) is 0 Å². The fourth-order valence-electron chi connectivity index (χ4n) is 3.44. The van der Waals surface area contributed by atoms with Gasteiger partial charge in [-0.05, 0) is 55.5 Å². The van der Waals surface area contributed by atoms with Gasteiger partial charge in [-0.1, -0.05) is 18.2 Å². The third-order valence-electron chi connectivity index (χ3n) is 5.14. The van der Waals surface area contributed by atoms with Gasteiger partial charge >= 0.3 is 0 Å². The first-order valence-corrected chi connectivity index (χ1v) is 9.93. The van der Waals surface area contributed by atoms with Crippen molar-refractivity contribution < 1.29 is 14.0 Å². The van der Waals surface area contributed by atoms with Crippen LogP contribution in [-0.2, 0) is 6.42 Å². The molecular formula is C23H21FN4O3. The summed E-state index contributed by atoms with van der Waals surface area (Å²) in [6.45, 7) is 1.32. The molecule has 1 aromatic heterocycles. The summed E-state index contributed by atoms with van der Waals surface area (Å²) in [5.41, 5.74) is 9.37. The molecule has 0 unspecified atom stereocenters. The molecule has 1 aliphatic rings. The van der Waals surface area contributed by atoms with Crippen LogP contribution in [0.2, 0.25) is 0 Å². The van der Waals surface area contributed by atoms with Crippen molar-refractivity contribution in [2.45, 2.75) is 26.2 Å². The molecule has 3 N–H and O–H groups in total. The lowest BCUT2D eigenvalue weighted by molar-refractivity contribution is 0.0993. The third kappa shape index (κ3) is 4.37. The second-order valence-electron chi connectivity index (χ2n) is 7.67. The van der Waals surface area contributed by atoms with E-state index in [1.54, 1.807) is 24.3 Å². The van der Waals surface area contributed by atoms with Crippen LogP contribution in [0, 0.1) is 11.7 Å². The van der Waals surface area contributed by atoms with Crippen LogP contribution in [0.15, 0.2) is 53.3 Å². The quantitative estimate of drug-likeness (QED) is 0.571. The molecule has 0 bridgehead atoms. The van der Waals surface area contributed by atoms with Crippen LogP contribution >= 0.6 is 0 Å². The van der Waals surface area contributed by atoms with Crippen LogP contribution in [-0.4, -0.2) is 21.4 Å². The van der Waals surface area contributed by atoms with Crippen molar-refractivity contribution in [3.8, 4) is 11.3 Å². The van der Waals surface area contributed by atoms with Crippen LogP contribution in [0.4, 0.5) is 10.1 Å². The number of nitrogens with two attached hydrogens (primary N) is 1. The Bertz CT molecular complexity index is 1250. The topological polar surface area (TPSA) is 107 Å². The molecule has 7 nitrogen and oxygen atoms in total. The summed E-state index contributed by atoms with van der Waals surface area (Å²) >= 11 is 0. The van der Waals surface area contributed by atoms with Gasteiger partial charge < -0.3 is 5.73 Å². The molecule has 1 heterocycles. The van der Waals surface area contributed by atoms with Gasteiger partial charge in [0, 0.05) is 18.1 Å². The lowest BCUT2D eigenvalue weighted by atomic mass is 10.1. The Morgan fingerprint density at radius 2 is 1.94 bits per heavy atom. The summed E-state index contributed by atoms with van der Waals surface area (Å²) in [5.74, 6) is -1.14. The van der Waals surface area contributed by atoms with Crippen LogP contribution in [0.1, 0.15) is 46.3 Å². The molecule has 0 aliphatic heterocycles. The summed E-state index contributed by atoms with van der Waals surface area (Å²) in [4.78, 5) is 41.9. The third-order valence-corrected chi connectivity index (χ3v) is 5.14. The standard InChI is InChI=1S/C23H21FN4O3/c1-13(29)21-20(15-4-2-6-17(24)11-15)26-19(10-14-8-9-14)23(31)28(21)27-18-7-3-5-16(12-18)22(25)30/h2-7,11-12,14,27H,8-10H2,1H3,(H2,25,30). The number of hydrogen-bond acceptors (Lipinski definition) is 5. The smallest absolute Gasteiger partial charge is 0.291 e. The number of carbonyl (C=O) groups is 2. The molecule has 0 spiro atoms. The summed E-state index contributed by atoms with van der Waals surface area (Å²) in [6, 6.07) is 12.0. The van der Waals surface area contributed by atoms with Gasteiger partial charge in [0.1, 0.15) is 22.9 Å². The predicted molar refractivity (Wildman–Crippen MR) is 114 cm³/mol. The Kier molecular flexibility index (Phi) is 5.37. The van der Waals surface area contributed by atoms with Crippen LogP contribution in [0.3, 0.4) is 0 Å². The number of halogens is 1. The van der Waals surface area contributed by atoms with Gasteiger partial charge in [-0.25, -0.2) is 14.1 Å². The zero-order valence-electron chi connectivity index (χ0n) is 16.9. The highest BCUT2D eigenvalue weighted by atomic mass is 19.1. The Morgan fingerprint density at radius 3 is 2.58 bits per heavy atom. The Balaban J connectivity index is 1.92. The van der Waals surface area contributed by atoms with Crippen molar-refractivity contribution in [3.63, 3.8) is 0 Å². The van der Waals surface area contributed by atoms with E-state index >= 15 is 0 Å². The number of rotatable bonds is 7. The van der Waals surface area contributed by atoms with Crippen molar-refractivity contribution in [1.82, 2.24) is 9.66 Å². The largest absolute Gasteiger partial charge is 0.366 e. The molecule has 1 fully saturated rings. The number of aromatic nitrogens is 2. The Morgan fingerprint density at radius 1 is 1.19 bits per heavy atom. The molecule has 3 aromatic rings. The maximum Gasteiger partial charge on any atom is 0.291 e. The van der Waals surface area contributed by atoms with Crippen molar-refractivity contribution in [2.75, 3.05) is 5.43 Å². The Hall–Kier alpha value is -3.81. The summed E-state index contributed by atoms with van der Waals surface area (Å²) in [7, 11) is 0. The van der Waals surface area contributed by atoms with Crippen LogP contribution < -0.4 is 16.7 Å². The number of anilines is 1. The lowest BCUT2D eigenvalue weighted by Crippen LogP contribution is -2.35. The number of amides is 1. The Labute approximate surface area is 177 Å². The van der Waals surface area contributed by atoms with E-state index in [9.17, 15) is 18.8 Å². The number of ketones is 1. The molecule has 158 valence electrons. The highest BCUT2D eigenvalue weighted by Gasteiger charge is 2.27. The van der Waals surface area contributed by atoms with E-state index in [2.05, 4.69) is 10.4 Å². The predicted octanol–water partition coefficient (Wildman–Crippen LogP) is 3.18. The molecule has 1 saturated carbocycles. The van der Waals surface area contributed by atoms with E-state index in [0.29, 0.717) is 29.3 Å². The number of primary amides is 1. The van der Waals surface area contributed by atoms with E-state index in [1.165, 1.54) is 31.2 Å². The lowest BCUT2D eigenvalue weighted by Gasteiger charge is -2.18. The van der Waals surface area contributed by atoms with E-state index in [1.807, 2.05) is 0 Å². The number of carbonyl (C=O) groups excluding carboxylic acids is 2. The molecule has 4 rings (SSSR count). The second kappa shape index (κ2) is 8.14. The summed E-state index contributed by atoms with van der Waals surface area (Å²) < 4.78 is 15.0. The van der Waals surface area contributed by atoms with E-state index < -0.39 is 23.1 Å². The molecule has 31 heavy (non-hydrogen) atoms. The zero-order valence-corrected chi connectivity index (χ0v) is 16.9. The average Bonchev–Trinajstić information content (AvgIpc) is 3.54. The number of nitrogens with one attached hydrogen (secondary N) is 1. The number of hydrogen-bond donors (Lipinski definition) is 2. The minimum absolute atomic E-state index is 0.000347. The number of benzene rings is 2. The first-order valence-electron chi connectivity index (χ1n) is 9.93. The molecule has 1 amide bonds. The summed E-state index contributed by atoms with van der Waals surface area (Å²) in [6.07, 6.45) is 2.50. The highest BCUT2D eigenvalue weighted by Crippen LogP contribution is 2.32. The first kappa shape index (κ1) is 20.5. The van der Waals surface area contributed by atoms with Crippen molar-refractivity contribution in [3.05, 3.63) is 81.7 Å². The maximum absolute atomic E-state index is 13.9.